The maximum Gasteiger partial charge on any atom is 0.128 e. The molecule has 14 heavy (non-hydrogen) atoms. The molecule has 3 nitrogen and oxygen atoms in total. The molecular weight excluding hydrogens is 176 g/mol. The van der Waals surface area contributed by atoms with Crippen molar-refractivity contribution in [3.05, 3.63) is 23.9 Å². The first-order valence-electron chi connectivity index (χ1n) is 5.08. The standard InChI is InChI=1S/C11H18N2O/c1-4-13(5-2)11-7-6-10(8-12-11)9(3)14/h6-9,14H,4-5H2,1-3H3. The second kappa shape index (κ2) is 4.96. The highest BCUT2D eigenvalue weighted by molar-refractivity contribution is 5.39. The fourth-order valence-electron chi connectivity index (χ4n) is 1.38. The fourth-order valence-corrected chi connectivity index (χ4v) is 1.38. The van der Waals surface area contributed by atoms with Crippen molar-refractivity contribution in [2.24, 2.45) is 0 Å². The van der Waals surface area contributed by atoms with Crippen molar-refractivity contribution >= 4 is 5.82 Å². The molecule has 0 saturated heterocycles. The predicted molar refractivity (Wildman–Crippen MR) is 58.4 cm³/mol. The van der Waals surface area contributed by atoms with Gasteiger partial charge in [0.1, 0.15) is 5.82 Å². The summed E-state index contributed by atoms with van der Waals surface area (Å²) in [6.45, 7) is 7.87. The first kappa shape index (κ1) is 11.0. The van der Waals surface area contributed by atoms with Gasteiger partial charge in [0.15, 0.2) is 0 Å². The van der Waals surface area contributed by atoms with Gasteiger partial charge < -0.3 is 10.0 Å². The Bertz CT molecular complexity index is 265. The van der Waals surface area contributed by atoms with Crippen LogP contribution in [0.2, 0.25) is 0 Å². The van der Waals surface area contributed by atoms with Crippen LogP contribution in [-0.4, -0.2) is 23.2 Å². The third-order valence-corrected chi connectivity index (χ3v) is 2.34. The molecule has 0 amide bonds. The molecular formula is C11H18N2O. The Hall–Kier alpha value is -1.09. The molecule has 0 aromatic carbocycles. The van der Waals surface area contributed by atoms with E-state index in [4.69, 9.17) is 0 Å². The van der Waals surface area contributed by atoms with E-state index in [-0.39, 0.29) is 0 Å². The smallest absolute Gasteiger partial charge is 0.128 e. The largest absolute Gasteiger partial charge is 0.389 e. The minimum absolute atomic E-state index is 0.437. The summed E-state index contributed by atoms with van der Waals surface area (Å²) in [5, 5.41) is 9.31. The van der Waals surface area contributed by atoms with Crippen molar-refractivity contribution in [3.63, 3.8) is 0 Å². The van der Waals surface area contributed by atoms with E-state index in [1.165, 1.54) is 0 Å². The van der Waals surface area contributed by atoms with Crippen molar-refractivity contribution in [2.75, 3.05) is 18.0 Å². The lowest BCUT2D eigenvalue weighted by atomic mass is 10.2. The molecule has 0 fully saturated rings. The molecule has 1 heterocycles. The molecule has 0 bridgehead atoms. The van der Waals surface area contributed by atoms with E-state index in [9.17, 15) is 5.11 Å². The van der Waals surface area contributed by atoms with Gasteiger partial charge in [0.25, 0.3) is 0 Å². The number of anilines is 1. The number of rotatable bonds is 4. The molecule has 1 unspecified atom stereocenters. The van der Waals surface area contributed by atoms with E-state index in [1.807, 2.05) is 12.1 Å². The summed E-state index contributed by atoms with van der Waals surface area (Å²) in [6.07, 6.45) is 1.30. The zero-order chi connectivity index (χ0) is 10.6. The van der Waals surface area contributed by atoms with Gasteiger partial charge in [-0.05, 0) is 32.4 Å². The van der Waals surface area contributed by atoms with Crippen LogP contribution in [0.4, 0.5) is 5.82 Å². The Kier molecular flexibility index (Phi) is 3.89. The summed E-state index contributed by atoms with van der Waals surface area (Å²) < 4.78 is 0. The highest BCUT2D eigenvalue weighted by Gasteiger charge is 2.04. The van der Waals surface area contributed by atoms with E-state index >= 15 is 0 Å². The van der Waals surface area contributed by atoms with Gasteiger partial charge in [-0.3, -0.25) is 0 Å². The van der Waals surface area contributed by atoms with Crippen molar-refractivity contribution in [2.45, 2.75) is 26.9 Å². The second-order valence-corrected chi connectivity index (χ2v) is 3.30. The van der Waals surface area contributed by atoms with E-state index in [0.29, 0.717) is 0 Å². The SMILES string of the molecule is CCN(CC)c1ccc(C(C)O)cn1. The summed E-state index contributed by atoms with van der Waals surface area (Å²) >= 11 is 0. The second-order valence-electron chi connectivity index (χ2n) is 3.30. The number of aliphatic hydroxyl groups is 1. The molecule has 3 heteroatoms. The van der Waals surface area contributed by atoms with Gasteiger partial charge in [0.2, 0.25) is 0 Å². The predicted octanol–water partition coefficient (Wildman–Crippen LogP) is 1.98. The molecule has 0 spiro atoms. The minimum atomic E-state index is -0.437. The molecule has 1 rings (SSSR count). The average Bonchev–Trinajstić information content (AvgIpc) is 2.20. The fraction of sp³-hybridized carbons (Fsp3) is 0.545. The molecule has 0 aliphatic carbocycles. The van der Waals surface area contributed by atoms with Crippen molar-refractivity contribution in [3.8, 4) is 0 Å². The molecule has 78 valence electrons. The average molecular weight is 194 g/mol. The van der Waals surface area contributed by atoms with Crippen LogP contribution in [0.3, 0.4) is 0 Å². The first-order chi connectivity index (χ1) is 6.69. The molecule has 1 aromatic heterocycles. The van der Waals surface area contributed by atoms with Crippen LogP contribution in [-0.2, 0) is 0 Å². The van der Waals surface area contributed by atoms with Crippen LogP contribution >= 0.6 is 0 Å². The Balaban J connectivity index is 2.81. The number of hydrogen-bond acceptors (Lipinski definition) is 3. The number of aliphatic hydroxyl groups excluding tert-OH is 1. The monoisotopic (exact) mass is 194 g/mol. The number of hydrogen-bond donors (Lipinski definition) is 1. The zero-order valence-corrected chi connectivity index (χ0v) is 9.07. The quantitative estimate of drug-likeness (QED) is 0.796. The zero-order valence-electron chi connectivity index (χ0n) is 9.07. The number of aromatic nitrogens is 1. The molecule has 1 aromatic rings. The summed E-state index contributed by atoms with van der Waals surface area (Å²) in [5.74, 6) is 0.972. The maximum atomic E-state index is 9.31. The Morgan fingerprint density at radius 2 is 2.00 bits per heavy atom. The Morgan fingerprint density at radius 1 is 1.36 bits per heavy atom. The van der Waals surface area contributed by atoms with Gasteiger partial charge in [0, 0.05) is 19.3 Å². The van der Waals surface area contributed by atoms with Gasteiger partial charge in [-0.2, -0.15) is 0 Å². The number of nitrogens with zero attached hydrogens (tertiary/aromatic N) is 2. The molecule has 0 aliphatic heterocycles. The van der Waals surface area contributed by atoms with Crippen LogP contribution < -0.4 is 4.90 Å². The van der Waals surface area contributed by atoms with Crippen molar-refractivity contribution < 1.29 is 5.11 Å². The molecule has 0 radical (unpaired) electrons. The van der Waals surface area contributed by atoms with Gasteiger partial charge >= 0.3 is 0 Å². The summed E-state index contributed by atoms with van der Waals surface area (Å²) in [6, 6.07) is 3.88. The maximum absolute atomic E-state index is 9.31. The summed E-state index contributed by atoms with van der Waals surface area (Å²) in [4.78, 5) is 6.48. The molecule has 0 aliphatic rings. The summed E-state index contributed by atoms with van der Waals surface area (Å²) in [7, 11) is 0. The van der Waals surface area contributed by atoms with E-state index in [0.717, 1.165) is 24.5 Å². The van der Waals surface area contributed by atoms with E-state index in [2.05, 4.69) is 23.7 Å². The van der Waals surface area contributed by atoms with Crippen LogP contribution in [0.15, 0.2) is 18.3 Å². The Morgan fingerprint density at radius 3 is 2.36 bits per heavy atom. The van der Waals surface area contributed by atoms with E-state index in [1.54, 1.807) is 13.1 Å². The number of pyridine rings is 1. The third-order valence-electron chi connectivity index (χ3n) is 2.34. The van der Waals surface area contributed by atoms with E-state index < -0.39 is 6.10 Å². The minimum Gasteiger partial charge on any atom is -0.389 e. The third kappa shape index (κ3) is 2.45. The van der Waals surface area contributed by atoms with Crippen LogP contribution in [0.25, 0.3) is 0 Å². The van der Waals surface area contributed by atoms with Crippen LogP contribution in [0, 0.1) is 0 Å². The lowest BCUT2D eigenvalue weighted by molar-refractivity contribution is 0.199. The normalized spacial score (nSPS) is 12.6. The highest BCUT2D eigenvalue weighted by Crippen LogP contribution is 2.15. The molecule has 1 N–H and O–H groups in total. The first-order valence-corrected chi connectivity index (χ1v) is 5.08. The van der Waals surface area contributed by atoms with Gasteiger partial charge in [-0.25, -0.2) is 4.98 Å². The van der Waals surface area contributed by atoms with Crippen LogP contribution in [0.1, 0.15) is 32.4 Å². The summed E-state index contributed by atoms with van der Waals surface area (Å²) in [5.41, 5.74) is 0.862. The lowest BCUT2D eigenvalue weighted by Crippen LogP contribution is -2.22. The van der Waals surface area contributed by atoms with Gasteiger partial charge in [-0.1, -0.05) is 6.07 Å². The van der Waals surface area contributed by atoms with Gasteiger partial charge in [0.05, 0.1) is 6.10 Å². The van der Waals surface area contributed by atoms with Crippen molar-refractivity contribution in [1.82, 2.24) is 4.98 Å². The lowest BCUT2D eigenvalue weighted by Gasteiger charge is -2.19. The van der Waals surface area contributed by atoms with Crippen LogP contribution in [0.5, 0.6) is 0 Å². The highest BCUT2D eigenvalue weighted by atomic mass is 16.3. The van der Waals surface area contributed by atoms with Crippen molar-refractivity contribution in [1.29, 1.82) is 0 Å². The van der Waals surface area contributed by atoms with Gasteiger partial charge in [-0.15, -0.1) is 0 Å². The Labute approximate surface area is 85.4 Å². The molecule has 1 atom stereocenters. The molecule has 0 saturated carbocycles. The topological polar surface area (TPSA) is 36.4 Å².